The van der Waals surface area contributed by atoms with Crippen molar-refractivity contribution >= 4 is 23.4 Å². The molecule has 1 amide bonds. The molecule has 2 rings (SSSR count). The molecule has 104 valence electrons. The second-order valence-electron chi connectivity index (χ2n) is 4.97. The van der Waals surface area contributed by atoms with E-state index in [-0.39, 0.29) is 5.91 Å². The first-order valence-corrected chi connectivity index (χ1v) is 8.09. The lowest BCUT2D eigenvalue weighted by molar-refractivity contribution is 0.0939. The molecule has 0 spiro atoms. The summed E-state index contributed by atoms with van der Waals surface area (Å²) in [6.45, 7) is 4.91. The normalized spacial score (nSPS) is 18.9. The zero-order valence-electron chi connectivity index (χ0n) is 11.7. The summed E-state index contributed by atoms with van der Waals surface area (Å²) in [5, 5.41) is 6.42. The van der Waals surface area contributed by atoms with E-state index in [0.29, 0.717) is 6.04 Å². The highest BCUT2D eigenvalue weighted by Gasteiger charge is 2.18. The van der Waals surface area contributed by atoms with E-state index in [4.69, 9.17) is 0 Å². The third-order valence-corrected chi connectivity index (χ3v) is 4.50. The molecule has 3 nitrogen and oxygen atoms in total. The van der Waals surface area contributed by atoms with Crippen molar-refractivity contribution in [2.45, 2.75) is 32.7 Å². The number of benzene rings is 1. The maximum atomic E-state index is 12.4. The van der Waals surface area contributed by atoms with Gasteiger partial charge in [0.15, 0.2) is 0 Å². The molecule has 0 aromatic heterocycles. The van der Waals surface area contributed by atoms with Gasteiger partial charge in [-0.05, 0) is 50.1 Å². The quantitative estimate of drug-likeness (QED) is 0.889. The maximum Gasteiger partial charge on any atom is 0.253 e. The van der Waals surface area contributed by atoms with E-state index in [0.717, 1.165) is 30.0 Å². The highest BCUT2D eigenvalue weighted by Crippen LogP contribution is 2.20. The van der Waals surface area contributed by atoms with Gasteiger partial charge in [-0.2, -0.15) is 11.8 Å². The number of anilines is 1. The van der Waals surface area contributed by atoms with Gasteiger partial charge in [0.1, 0.15) is 0 Å². The van der Waals surface area contributed by atoms with Crippen LogP contribution in [0, 0.1) is 6.92 Å². The molecule has 1 aromatic carbocycles. The third-order valence-electron chi connectivity index (χ3n) is 3.28. The van der Waals surface area contributed by atoms with Crippen molar-refractivity contribution in [2.24, 2.45) is 0 Å². The van der Waals surface area contributed by atoms with Crippen LogP contribution in [0.25, 0.3) is 0 Å². The minimum atomic E-state index is 0.0449. The average Bonchev–Trinajstić information content (AvgIpc) is 2.40. The summed E-state index contributed by atoms with van der Waals surface area (Å²) in [4.78, 5) is 12.4. The average molecular weight is 278 g/mol. The summed E-state index contributed by atoms with van der Waals surface area (Å²) >= 11 is 1.93. The molecule has 1 unspecified atom stereocenters. The van der Waals surface area contributed by atoms with Crippen LogP contribution >= 0.6 is 11.8 Å². The lowest BCUT2D eigenvalue weighted by Gasteiger charge is -2.23. The molecule has 0 radical (unpaired) electrons. The van der Waals surface area contributed by atoms with Gasteiger partial charge in [-0.15, -0.1) is 0 Å². The van der Waals surface area contributed by atoms with Crippen LogP contribution in [0.15, 0.2) is 18.2 Å². The molecule has 0 bridgehead atoms. The predicted molar refractivity (Wildman–Crippen MR) is 83.2 cm³/mol. The van der Waals surface area contributed by atoms with Crippen molar-refractivity contribution in [3.05, 3.63) is 29.3 Å². The van der Waals surface area contributed by atoms with Crippen molar-refractivity contribution in [1.29, 1.82) is 0 Å². The number of hydrogen-bond donors (Lipinski definition) is 2. The fourth-order valence-corrected chi connectivity index (χ4v) is 3.38. The smallest absolute Gasteiger partial charge is 0.253 e. The minimum Gasteiger partial charge on any atom is -0.385 e. The van der Waals surface area contributed by atoms with E-state index >= 15 is 0 Å². The Morgan fingerprint density at radius 3 is 3.00 bits per heavy atom. The molecule has 1 fully saturated rings. The molecule has 19 heavy (non-hydrogen) atoms. The van der Waals surface area contributed by atoms with Crippen LogP contribution in [0.4, 0.5) is 5.69 Å². The van der Waals surface area contributed by atoms with Gasteiger partial charge in [-0.1, -0.05) is 6.07 Å². The number of carbonyl (C=O) groups excluding carboxylic acids is 1. The third kappa shape index (κ3) is 3.90. The highest BCUT2D eigenvalue weighted by molar-refractivity contribution is 7.99. The number of rotatable bonds is 4. The lowest BCUT2D eigenvalue weighted by atomic mass is 10.1. The van der Waals surface area contributed by atoms with Crippen LogP contribution in [0.5, 0.6) is 0 Å². The Balaban J connectivity index is 2.08. The highest BCUT2D eigenvalue weighted by atomic mass is 32.2. The van der Waals surface area contributed by atoms with Crippen molar-refractivity contribution in [3.63, 3.8) is 0 Å². The predicted octanol–water partition coefficient (Wildman–Crippen LogP) is 3.05. The second-order valence-corrected chi connectivity index (χ2v) is 6.12. The molecule has 1 atom stereocenters. The first-order chi connectivity index (χ1) is 9.20. The van der Waals surface area contributed by atoms with Gasteiger partial charge in [0.2, 0.25) is 0 Å². The Kier molecular flexibility index (Phi) is 5.14. The minimum absolute atomic E-state index is 0.0449. The second kappa shape index (κ2) is 6.85. The summed E-state index contributed by atoms with van der Waals surface area (Å²) in [6, 6.07) is 6.26. The number of thioether (sulfide) groups is 1. The van der Waals surface area contributed by atoms with Gasteiger partial charge in [-0.25, -0.2) is 0 Å². The molecule has 1 aliphatic rings. The van der Waals surface area contributed by atoms with E-state index in [1.54, 1.807) is 0 Å². The molecule has 1 aromatic rings. The molecule has 1 aliphatic heterocycles. The Morgan fingerprint density at radius 1 is 1.47 bits per heavy atom. The van der Waals surface area contributed by atoms with Crippen LogP contribution in [-0.2, 0) is 0 Å². The van der Waals surface area contributed by atoms with Gasteiger partial charge in [-0.3, -0.25) is 4.79 Å². The van der Waals surface area contributed by atoms with E-state index in [2.05, 4.69) is 10.6 Å². The zero-order valence-corrected chi connectivity index (χ0v) is 12.5. The Bertz CT molecular complexity index is 442. The monoisotopic (exact) mass is 278 g/mol. The number of amides is 1. The van der Waals surface area contributed by atoms with Crippen molar-refractivity contribution in [2.75, 3.05) is 23.4 Å². The van der Waals surface area contributed by atoms with Gasteiger partial charge in [0.05, 0.1) is 5.56 Å². The lowest BCUT2D eigenvalue weighted by Crippen LogP contribution is -2.38. The Hall–Kier alpha value is -1.16. The standard InChI is InChI=1S/C15H22N2OS/c1-3-16-14-9-11(2)6-7-13(14)15(18)17-12-5-4-8-19-10-12/h6-7,9,12,16H,3-5,8,10H2,1-2H3,(H,17,18). The summed E-state index contributed by atoms with van der Waals surface area (Å²) in [6.07, 6.45) is 2.30. The van der Waals surface area contributed by atoms with E-state index in [9.17, 15) is 4.79 Å². The van der Waals surface area contributed by atoms with E-state index in [1.165, 1.54) is 17.7 Å². The number of aryl methyl sites for hydroxylation is 1. The SMILES string of the molecule is CCNc1cc(C)ccc1C(=O)NC1CCCSC1. The molecule has 2 N–H and O–H groups in total. The van der Waals surface area contributed by atoms with Gasteiger partial charge in [0.25, 0.3) is 5.91 Å². The Morgan fingerprint density at radius 2 is 2.32 bits per heavy atom. The maximum absolute atomic E-state index is 12.4. The van der Waals surface area contributed by atoms with E-state index < -0.39 is 0 Å². The summed E-state index contributed by atoms with van der Waals surface area (Å²) in [5.41, 5.74) is 2.85. The van der Waals surface area contributed by atoms with Crippen LogP contribution in [0.3, 0.4) is 0 Å². The van der Waals surface area contributed by atoms with Crippen molar-refractivity contribution in [1.82, 2.24) is 5.32 Å². The zero-order chi connectivity index (χ0) is 13.7. The van der Waals surface area contributed by atoms with Crippen molar-refractivity contribution in [3.8, 4) is 0 Å². The van der Waals surface area contributed by atoms with Crippen LogP contribution in [0.2, 0.25) is 0 Å². The first kappa shape index (κ1) is 14.3. The van der Waals surface area contributed by atoms with Crippen LogP contribution in [0.1, 0.15) is 35.7 Å². The molecule has 0 aliphatic carbocycles. The molecule has 4 heteroatoms. The Labute approximate surface area is 119 Å². The molecule has 1 heterocycles. The number of carbonyl (C=O) groups is 1. The molecule has 1 saturated heterocycles. The topological polar surface area (TPSA) is 41.1 Å². The number of hydrogen-bond acceptors (Lipinski definition) is 3. The molecular weight excluding hydrogens is 256 g/mol. The molecular formula is C15H22N2OS. The number of nitrogens with one attached hydrogen (secondary N) is 2. The summed E-state index contributed by atoms with van der Waals surface area (Å²) in [5.74, 6) is 2.30. The first-order valence-electron chi connectivity index (χ1n) is 6.94. The van der Waals surface area contributed by atoms with Gasteiger partial charge in [0, 0.05) is 24.0 Å². The van der Waals surface area contributed by atoms with Crippen LogP contribution in [-0.4, -0.2) is 30.0 Å². The fraction of sp³-hybridized carbons (Fsp3) is 0.533. The van der Waals surface area contributed by atoms with Crippen LogP contribution < -0.4 is 10.6 Å². The van der Waals surface area contributed by atoms with Gasteiger partial charge >= 0.3 is 0 Å². The summed E-state index contributed by atoms with van der Waals surface area (Å²) in [7, 11) is 0. The molecule has 0 saturated carbocycles. The van der Waals surface area contributed by atoms with Gasteiger partial charge < -0.3 is 10.6 Å². The largest absolute Gasteiger partial charge is 0.385 e. The van der Waals surface area contributed by atoms with Crippen molar-refractivity contribution < 1.29 is 4.79 Å². The fourth-order valence-electron chi connectivity index (χ4n) is 2.31. The summed E-state index contributed by atoms with van der Waals surface area (Å²) < 4.78 is 0. The van der Waals surface area contributed by atoms with E-state index in [1.807, 2.05) is 43.8 Å².